The maximum Gasteiger partial charge on any atom is 0.335 e. The molecule has 5 aromatic rings. The molecule has 1 aliphatic heterocycles. The van der Waals surface area contributed by atoms with Crippen LogP contribution in [0.25, 0.3) is 11.1 Å². The molecule has 0 unspecified atom stereocenters. The van der Waals surface area contributed by atoms with Crippen molar-refractivity contribution >= 4 is 40.9 Å². The average molecular weight is 760 g/mol. The number of nitrogens with one attached hydrogen (secondary N) is 2. The number of hydrogen-bond donors (Lipinski definition) is 5. The molecule has 0 bridgehead atoms. The Morgan fingerprint density at radius 3 is 2.18 bits per heavy atom. The first-order chi connectivity index (χ1) is 26.7. The van der Waals surface area contributed by atoms with Crippen LogP contribution in [-0.4, -0.2) is 39.9 Å². The molecule has 55 heavy (non-hydrogen) atoms. The zero-order valence-corrected chi connectivity index (χ0v) is 31.2. The standard InChI is InChI=1S/C44H45N3O7S/c45-38-11-1-2-12-39(38)47-42(50)14-4-3-13-41(49)46-26-30-7-5-8-33(23-30)34-9-6-10-35(24-34)44-53-36(28-55-37-21-19-32(20-22-37)43(51)52)25-40(54-44)31-17-15-29(27-48)16-18-31/h1-2,5-12,15-24,36,40,44,48H,3-4,13-14,25-28,45H2,(H,46,49)(H,47,50)(H,51,52)/t36-,40+,44+/m1/s1. The second kappa shape index (κ2) is 19.2. The van der Waals surface area contributed by atoms with Crippen molar-refractivity contribution in [2.75, 3.05) is 16.8 Å². The zero-order chi connectivity index (χ0) is 38.6. The fourth-order valence-electron chi connectivity index (χ4n) is 6.32. The summed E-state index contributed by atoms with van der Waals surface area (Å²) in [6, 6.07) is 37.8. The summed E-state index contributed by atoms with van der Waals surface area (Å²) in [7, 11) is 0. The summed E-state index contributed by atoms with van der Waals surface area (Å²) in [5, 5.41) is 24.7. The number of nitrogen functional groups attached to an aromatic ring is 1. The Hall–Kier alpha value is -5.46. The number of unbranched alkanes of at least 4 members (excludes halogenated alkanes) is 1. The van der Waals surface area contributed by atoms with E-state index in [-0.39, 0.29) is 36.2 Å². The van der Waals surface area contributed by atoms with Gasteiger partial charge in [0.1, 0.15) is 0 Å². The fraction of sp³-hybridized carbons (Fsp3) is 0.250. The Kier molecular flexibility index (Phi) is 13.7. The number of carboxylic acids is 1. The molecule has 284 valence electrons. The highest BCUT2D eigenvalue weighted by atomic mass is 32.2. The lowest BCUT2D eigenvalue weighted by Crippen LogP contribution is -2.31. The number of carboxylic acid groups (broad SMARTS) is 1. The van der Waals surface area contributed by atoms with Gasteiger partial charge in [0.15, 0.2) is 6.29 Å². The molecule has 3 atom stereocenters. The molecule has 6 N–H and O–H groups in total. The SMILES string of the molecule is Nc1ccccc1NC(=O)CCCCC(=O)NCc1cccc(-c2cccc([C@H]3O[C@@H](CSc4ccc(C(=O)O)cc4)C[C@@H](c4ccc(CO)cc4)O3)c2)c1. The van der Waals surface area contributed by atoms with Gasteiger partial charge in [-0.2, -0.15) is 0 Å². The van der Waals surface area contributed by atoms with E-state index in [4.69, 9.17) is 15.2 Å². The van der Waals surface area contributed by atoms with Crippen LogP contribution in [0, 0.1) is 0 Å². The summed E-state index contributed by atoms with van der Waals surface area (Å²) in [5.41, 5.74) is 12.9. The van der Waals surface area contributed by atoms with Crippen LogP contribution in [0.15, 0.2) is 126 Å². The highest BCUT2D eigenvalue weighted by Crippen LogP contribution is 2.40. The number of amides is 2. The van der Waals surface area contributed by atoms with Crippen LogP contribution in [0.4, 0.5) is 11.4 Å². The fourth-order valence-corrected chi connectivity index (χ4v) is 7.24. The highest BCUT2D eigenvalue weighted by molar-refractivity contribution is 7.99. The molecule has 1 fully saturated rings. The summed E-state index contributed by atoms with van der Waals surface area (Å²) >= 11 is 1.61. The van der Waals surface area contributed by atoms with Crippen LogP contribution >= 0.6 is 11.8 Å². The number of rotatable bonds is 16. The molecule has 1 heterocycles. The summed E-state index contributed by atoms with van der Waals surface area (Å²) < 4.78 is 13.2. The lowest BCUT2D eigenvalue weighted by molar-refractivity contribution is -0.245. The maximum absolute atomic E-state index is 12.6. The molecule has 0 spiro atoms. The molecule has 2 amide bonds. The third-order valence-corrected chi connectivity index (χ3v) is 10.5. The van der Waals surface area contributed by atoms with Crippen LogP contribution < -0.4 is 16.4 Å². The summed E-state index contributed by atoms with van der Waals surface area (Å²) in [5.74, 6) is -0.516. The van der Waals surface area contributed by atoms with Gasteiger partial charge in [-0.05, 0) is 89.2 Å². The van der Waals surface area contributed by atoms with Gasteiger partial charge in [0.05, 0.1) is 35.8 Å². The van der Waals surface area contributed by atoms with Gasteiger partial charge in [-0.1, -0.05) is 72.8 Å². The van der Waals surface area contributed by atoms with Crippen molar-refractivity contribution in [3.05, 3.63) is 149 Å². The van der Waals surface area contributed by atoms with Crippen molar-refractivity contribution in [2.45, 2.75) is 68.6 Å². The van der Waals surface area contributed by atoms with Gasteiger partial charge in [0, 0.05) is 42.0 Å². The van der Waals surface area contributed by atoms with Gasteiger partial charge in [-0.3, -0.25) is 9.59 Å². The number of nitrogens with two attached hydrogens (primary N) is 1. The number of aliphatic hydroxyl groups excluding tert-OH is 1. The smallest absolute Gasteiger partial charge is 0.335 e. The quantitative estimate of drug-likeness (QED) is 0.0379. The van der Waals surface area contributed by atoms with E-state index >= 15 is 0 Å². The molecule has 10 nitrogen and oxygen atoms in total. The number of hydrogen-bond acceptors (Lipinski definition) is 8. The summed E-state index contributed by atoms with van der Waals surface area (Å²) in [6.07, 6.45) is 1.40. The van der Waals surface area contributed by atoms with Gasteiger partial charge in [-0.25, -0.2) is 4.79 Å². The Morgan fingerprint density at radius 2 is 1.45 bits per heavy atom. The van der Waals surface area contributed by atoms with E-state index in [2.05, 4.69) is 22.8 Å². The number of aliphatic hydroxyl groups is 1. The first-order valence-corrected chi connectivity index (χ1v) is 19.3. The molecular formula is C44H45N3O7S. The largest absolute Gasteiger partial charge is 0.478 e. The minimum Gasteiger partial charge on any atom is -0.478 e. The molecular weight excluding hydrogens is 715 g/mol. The average Bonchev–Trinajstić information content (AvgIpc) is 3.22. The number of aromatic carboxylic acids is 1. The monoisotopic (exact) mass is 759 g/mol. The van der Waals surface area contributed by atoms with Crippen molar-refractivity contribution in [3.63, 3.8) is 0 Å². The van der Waals surface area contributed by atoms with Crippen LogP contribution in [0.2, 0.25) is 0 Å². The predicted molar refractivity (Wildman–Crippen MR) is 214 cm³/mol. The molecule has 0 aliphatic carbocycles. The van der Waals surface area contributed by atoms with Gasteiger partial charge in [0.2, 0.25) is 11.8 Å². The zero-order valence-electron chi connectivity index (χ0n) is 30.4. The third-order valence-electron chi connectivity index (χ3n) is 9.35. The van der Waals surface area contributed by atoms with Crippen LogP contribution in [0.3, 0.4) is 0 Å². The van der Waals surface area contributed by atoms with Gasteiger partial charge >= 0.3 is 5.97 Å². The molecule has 11 heteroatoms. The highest BCUT2D eigenvalue weighted by Gasteiger charge is 2.32. The van der Waals surface area contributed by atoms with E-state index in [9.17, 15) is 24.6 Å². The second-order valence-electron chi connectivity index (χ2n) is 13.4. The Bertz CT molecular complexity index is 2070. The van der Waals surface area contributed by atoms with Gasteiger partial charge in [-0.15, -0.1) is 11.8 Å². The predicted octanol–water partition coefficient (Wildman–Crippen LogP) is 8.28. The van der Waals surface area contributed by atoms with E-state index in [1.165, 1.54) is 0 Å². The van der Waals surface area contributed by atoms with Crippen molar-refractivity contribution < 1.29 is 34.1 Å². The Morgan fingerprint density at radius 1 is 0.745 bits per heavy atom. The molecule has 1 saturated heterocycles. The molecule has 6 rings (SSSR count). The van der Waals surface area contributed by atoms with E-state index < -0.39 is 12.3 Å². The van der Waals surface area contributed by atoms with Gasteiger partial charge < -0.3 is 36.1 Å². The summed E-state index contributed by atoms with van der Waals surface area (Å²) in [6.45, 7) is 0.343. The number of carbonyl (C=O) groups excluding carboxylic acids is 2. The number of para-hydroxylation sites is 2. The first kappa shape index (κ1) is 39.2. The molecule has 0 radical (unpaired) electrons. The van der Waals surface area contributed by atoms with Crippen LogP contribution in [0.5, 0.6) is 0 Å². The molecule has 1 aliphatic rings. The molecule has 0 aromatic heterocycles. The first-order valence-electron chi connectivity index (χ1n) is 18.3. The van der Waals surface area contributed by atoms with E-state index in [0.29, 0.717) is 55.8 Å². The van der Waals surface area contributed by atoms with Crippen molar-refractivity contribution in [3.8, 4) is 11.1 Å². The molecule has 5 aromatic carbocycles. The Labute approximate surface area is 325 Å². The Balaban J connectivity index is 1.06. The number of thioether (sulfide) groups is 1. The van der Waals surface area contributed by atoms with Crippen molar-refractivity contribution in [1.29, 1.82) is 0 Å². The minimum absolute atomic E-state index is 0.0359. The third kappa shape index (κ3) is 11.3. The minimum atomic E-state index is -0.958. The lowest BCUT2D eigenvalue weighted by Gasteiger charge is -2.36. The summed E-state index contributed by atoms with van der Waals surface area (Å²) in [4.78, 5) is 37.2. The molecule has 0 saturated carbocycles. The van der Waals surface area contributed by atoms with E-state index in [1.807, 2.05) is 84.9 Å². The number of carbonyl (C=O) groups is 3. The van der Waals surface area contributed by atoms with Gasteiger partial charge in [0.25, 0.3) is 0 Å². The topological polar surface area (TPSA) is 160 Å². The second-order valence-corrected chi connectivity index (χ2v) is 14.5. The van der Waals surface area contributed by atoms with E-state index in [1.54, 1.807) is 36.0 Å². The van der Waals surface area contributed by atoms with Crippen LogP contribution in [0.1, 0.15) is 77.1 Å². The number of anilines is 2. The normalized spacial score (nSPS) is 16.6. The van der Waals surface area contributed by atoms with Crippen molar-refractivity contribution in [2.24, 2.45) is 0 Å². The van der Waals surface area contributed by atoms with Crippen LogP contribution in [-0.2, 0) is 32.2 Å². The van der Waals surface area contributed by atoms with E-state index in [0.717, 1.165) is 38.3 Å². The number of ether oxygens (including phenoxy) is 2. The number of benzene rings is 5. The lowest BCUT2D eigenvalue weighted by atomic mass is 9.99. The maximum atomic E-state index is 12.6. The van der Waals surface area contributed by atoms with Crippen molar-refractivity contribution in [1.82, 2.24) is 5.32 Å².